The number of ether oxygens (including phenoxy) is 2. The molecule has 0 atom stereocenters. The fourth-order valence-electron chi connectivity index (χ4n) is 0.795. The van der Waals surface area contributed by atoms with Crippen LogP contribution in [0.1, 0.15) is 18.4 Å². The van der Waals surface area contributed by atoms with Gasteiger partial charge < -0.3 is 14.6 Å². The van der Waals surface area contributed by atoms with Gasteiger partial charge in [0.25, 0.3) is 5.19 Å². The van der Waals surface area contributed by atoms with Gasteiger partial charge in [-0.25, -0.2) is 0 Å². The van der Waals surface area contributed by atoms with E-state index in [0.29, 0.717) is 23.4 Å². The minimum absolute atomic E-state index is 0.0899. The highest BCUT2D eigenvalue weighted by atomic mass is 32.1. The van der Waals surface area contributed by atoms with Gasteiger partial charge in [-0.3, -0.25) is 0 Å². The first-order valence-electron chi connectivity index (χ1n) is 4.50. The number of rotatable bonds is 7. The standard InChI is InChI=1S/C8H14N2O3S/c1-2-3-12-4-5-13-8-10-9-7(6-11)14-8/h11H,2-6H2,1H3. The molecule has 1 heterocycles. The summed E-state index contributed by atoms with van der Waals surface area (Å²) in [5.74, 6) is 0. The minimum atomic E-state index is -0.0899. The lowest BCUT2D eigenvalue weighted by Crippen LogP contribution is -2.06. The summed E-state index contributed by atoms with van der Waals surface area (Å²) in [7, 11) is 0. The summed E-state index contributed by atoms with van der Waals surface area (Å²) < 4.78 is 10.5. The monoisotopic (exact) mass is 218 g/mol. The first-order chi connectivity index (χ1) is 6.86. The van der Waals surface area contributed by atoms with Gasteiger partial charge in [0.15, 0.2) is 0 Å². The third-order valence-electron chi connectivity index (χ3n) is 1.39. The molecule has 1 aromatic rings. The van der Waals surface area contributed by atoms with Crippen LogP contribution in [0.15, 0.2) is 0 Å². The van der Waals surface area contributed by atoms with Crippen molar-refractivity contribution in [2.24, 2.45) is 0 Å². The molecule has 5 nitrogen and oxygen atoms in total. The van der Waals surface area contributed by atoms with Crippen LogP contribution >= 0.6 is 11.3 Å². The van der Waals surface area contributed by atoms with Crippen LogP contribution in [-0.4, -0.2) is 35.1 Å². The highest BCUT2D eigenvalue weighted by molar-refractivity contribution is 7.13. The Morgan fingerprint density at radius 3 is 2.79 bits per heavy atom. The maximum Gasteiger partial charge on any atom is 0.294 e. The summed E-state index contributed by atoms with van der Waals surface area (Å²) >= 11 is 1.25. The average molecular weight is 218 g/mol. The molecule has 0 fully saturated rings. The third kappa shape index (κ3) is 3.99. The molecule has 0 aliphatic heterocycles. The largest absolute Gasteiger partial charge is 0.466 e. The average Bonchev–Trinajstić information content (AvgIpc) is 2.65. The van der Waals surface area contributed by atoms with Crippen molar-refractivity contribution < 1.29 is 14.6 Å². The van der Waals surface area contributed by atoms with Crippen molar-refractivity contribution in [1.82, 2.24) is 10.2 Å². The van der Waals surface area contributed by atoms with E-state index in [2.05, 4.69) is 17.1 Å². The molecule has 0 radical (unpaired) electrons. The van der Waals surface area contributed by atoms with Crippen molar-refractivity contribution in [3.8, 4) is 5.19 Å². The number of aliphatic hydroxyl groups is 1. The summed E-state index contributed by atoms with van der Waals surface area (Å²) in [5.41, 5.74) is 0. The smallest absolute Gasteiger partial charge is 0.294 e. The predicted molar refractivity (Wildman–Crippen MR) is 52.4 cm³/mol. The summed E-state index contributed by atoms with van der Waals surface area (Å²) in [6, 6.07) is 0. The lowest BCUT2D eigenvalue weighted by atomic mass is 10.5. The van der Waals surface area contributed by atoms with Crippen molar-refractivity contribution in [2.45, 2.75) is 20.0 Å². The van der Waals surface area contributed by atoms with Gasteiger partial charge in [0.1, 0.15) is 11.6 Å². The van der Waals surface area contributed by atoms with Gasteiger partial charge in [-0.1, -0.05) is 23.4 Å². The highest BCUT2D eigenvalue weighted by Crippen LogP contribution is 2.17. The van der Waals surface area contributed by atoms with Gasteiger partial charge in [0.05, 0.1) is 13.2 Å². The molecule has 0 spiro atoms. The maximum atomic E-state index is 8.72. The molecule has 0 saturated carbocycles. The van der Waals surface area contributed by atoms with Crippen molar-refractivity contribution in [2.75, 3.05) is 19.8 Å². The molecule has 0 aliphatic carbocycles. The minimum Gasteiger partial charge on any atom is -0.466 e. The second-order valence-corrected chi connectivity index (χ2v) is 3.61. The Kier molecular flexibility index (Phi) is 5.43. The van der Waals surface area contributed by atoms with E-state index in [0.717, 1.165) is 13.0 Å². The molecule has 0 saturated heterocycles. The molecule has 6 heteroatoms. The summed E-state index contributed by atoms with van der Waals surface area (Å²) in [6.07, 6.45) is 1.01. The fraction of sp³-hybridized carbons (Fsp3) is 0.750. The topological polar surface area (TPSA) is 64.5 Å². The van der Waals surface area contributed by atoms with Crippen molar-refractivity contribution in [3.05, 3.63) is 5.01 Å². The summed E-state index contributed by atoms with van der Waals surface area (Å²) in [6.45, 7) is 3.75. The molecule has 1 aromatic heterocycles. The van der Waals surface area contributed by atoms with E-state index < -0.39 is 0 Å². The van der Waals surface area contributed by atoms with E-state index in [-0.39, 0.29) is 6.61 Å². The molecular weight excluding hydrogens is 204 g/mol. The number of nitrogens with zero attached hydrogens (tertiary/aromatic N) is 2. The van der Waals surface area contributed by atoms with Crippen molar-refractivity contribution in [3.63, 3.8) is 0 Å². The molecule has 1 rings (SSSR count). The molecular formula is C8H14N2O3S. The molecule has 0 bridgehead atoms. The Morgan fingerprint density at radius 1 is 1.29 bits per heavy atom. The molecule has 0 aromatic carbocycles. The number of hydrogen-bond donors (Lipinski definition) is 1. The van der Waals surface area contributed by atoms with Gasteiger partial charge in [0.2, 0.25) is 0 Å². The van der Waals surface area contributed by atoms with Crippen molar-refractivity contribution in [1.29, 1.82) is 0 Å². The van der Waals surface area contributed by atoms with E-state index in [4.69, 9.17) is 14.6 Å². The summed E-state index contributed by atoms with van der Waals surface area (Å²) in [5, 5.41) is 17.2. The highest BCUT2D eigenvalue weighted by Gasteiger charge is 2.02. The second kappa shape index (κ2) is 6.69. The molecule has 80 valence electrons. The fourth-order valence-corrected chi connectivity index (χ4v) is 1.37. The summed E-state index contributed by atoms with van der Waals surface area (Å²) in [4.78, 5) is 0. The van der Waals surface area contributed by atoms with E-state index >= 15 is 0 Å². The zero-order valence-electron chi connectivity index (χ0n) is 8.10. The Balaban J connectivity index is 2.12. The van der Waals surface area contributed by atoms with Crippen LogP contribution in [0.4, 0.5) is 0 Å². The van der Waals surface area contributed by atoms with Gasteiger partial charge in [-0.05, 0) is 6.42 Å². The third-order valence-corrected chi connectivity index (χ3v) is 2.21. The maximum absolute atomic E-state index is 8.72. The molecule has 14 heavy (non-hydrogen) atoms. The normalized spacial score (nSPS) is 10.4. The van der Waals surface area contributed by atoms with E-state index in [1.54, 1.807) is 0 Å². The van der Waals surface area contributed by atoms with Crippen LogP contribution < -0.4 is 4.74 Å². The van der Waals surface area contributed by atoms with Crippen LogP contribution in [0, 0.1) is 0 Å². The van der Waals surface area contributed by atoms with Crippen LogP contribution in [0.5, 0.6) is 5.19 Å². The molecule has 0 aliphatic rings. The lowest BCUT2D eigenvalue weighted by Gasteiger charge is -2.01. The number of aliphatic hydroxyl groups excluding tert-OH is 1. The molecule has 0 unspecified atom stereocenters. The molecule has 1 N–H and O–H groups in total. The first-order valence-corrected chi connectivity index (χ1v) is 5.32. The van der Waals surface area contributed by atoms with E-state index in [1.807, 2.05) is 0 Å². The van der Waals surface area contributed by atoms with Gasteiger partial charge in [0, 0.05) is 6.61 Å². The van der Waals surface area contributed by atoms with Crippen LogP contribution in [0.3, 0.4) is 0 Å². The Bertz CT molecular complexity index is 254. The SMILES string of the molecule is CCCOCCOc1nnc(CO)s1. The Morgan fingerprint density at radius 2 is 2.14 bits per heavy atom. The number of aromatic nitrogens is 2. The van der Waals surface area contributed by atoms with Gasteiger partial charge in [-0.15, -0.1) is 5.10 Å². The Hall–Kier alpha value is -0.720. The first kappa shape index (κ1) is 11.4. The van der Waals surface area contributed by atoms with Crippen LogP contribution in [0.2, 0.25) is 0 Å². The molecule has 0 amide bonds. The van der Waals surface area contributed by atoms with Gasteiger partial charge in [-0.2, -0.15) is 0 Å². The van der Waals surface area contributed by atoms with Crippen LogP contribution in [0.25, 0.3) is 0 Å². The zero-order valence-corrected chi connectivity index (χ0v) is 8.92. The predicted octanol–water partition coefficient (Wildman–Crippen LogP) is 0.836. The zero-order chi connectivity index (χ0) is 10.2. The van der Waals surface area contributed by atoms with Gasteiger partial charge >= 0.3 is 0 Å². The Labute approximate surface area is 86.7 Å². The van der Waals surface area contributed by atoms with Crippen LogP contribution in [-0.2, 0) is 11.3 Å². The van der Waals surface area contributed by atoms with E-state index in [1.165, 1.54) is 11.3 Å². The van der Waals surface area contributed by atoms with Crippen molar-refractivity contribution >= 4 is 11.3 Å². The quantitative estimate of drug-likeness (QED) is 0.687. The lowest BCUT2D eigenvalue weighted by molar-refractivity contribution is 0.100. The second-order valence-electron chi connectivity index (χ2n) is 2.58. The van der Waals surface area contributed by atoms with E-state index in [9.17, 15) is 0 Å². The number of hydrogen-bond acceptors (Lipinski definition) is 6.